The van der Waals surface area contributed by atoms with Gasteiger partial charge in [-0.25, -0.2) is 8.42 Å². The summed E-state index contributed by atoms with van der Waals surface area (Å²) in [7, 11) is -3.55. The summed E-state index contributed by atoms with van der Waals surface area (Å²) < 4.78 is 35.5. The maximum Gasteiger partial charge on any atom is 0.246 e. The van der Waals surface area contributed by atoms with Gasteiger partial charge in [0.1, 0.15) is 10.6 Å². The number of aromatic nitrogens is 2. The third-order valence-electron chi connectivity index (χ3n) is 4.49. The Balaban J connectivity index is 2.30. The summed E-state index contributed by atoms with van der Waals surface area (Å²) >= 11 is 0. The average molecular weight is 408 g/mol. The normalized spacial score (nSPS) is 12.1. The van der Waals surface area contributed by atoms with E-state index in [1.165, 1.54) is 0 Å². The molecule has 0 aliphatic heterocycles. The lowest BCUT2D eigenvalue weighted by Gasteiger charge is -2.21. The third kappa shape index (κ3) is 5.14. The number of hydrogen-bond donors (Lipinski definition) is 0. The summed E-state index contributed by atoms with van der Waals surface area (Å²) in [4.78, 5) is 0.342. The molecule has 7 heteroatoms. The van der Waals surface area contributed by atoms with Crippen molar-refractivity contribution < 1.29 is 13.2 Å². The van der Waals surface area contributed by atoms with E-state index in [-0.39, 0.29) is 6.10 Å². The van der Waals surface area contributed by atoms with Crippen molar-refractivity contribution >= 4 is 10.0 Å². The maximum atomic E-state index is 13.2. The molecule has 28 heavy (non-hydrogen) atoms. The van der Waals surface area contributed by atoms with E-state index in [1.54, 1.807) is 15.9 Å². The van der Waals surface area contributed by atoms with Crippen molar-refractivity contribution in [2.45, 2.75) is 71.9 Å². The first-order valence-electron chi connectivity index (χ1n) is 10.00. The Morgan fingerprint density at radius 1 is 1.07 bits per heavy atom. The Kier molecular flexibility index (Phi) is 7.66. The van der Waals surface area contributed by atoms with Gasteiger partial charge >= 0.3 is 0 Å². The van der Waals surface area contributed by atoms with Crippen LogP contribution in [0.3, 0.4) is 0 Å². The number of hydrogen-bond acceptors (Lipinski definition) is 4. The Morgan fingerprint density at radius 3 is 2.14 bits per heavy atom. The van der Waals surface area contributed by atoms with Gasteiger partial charge in [0.25, 0.3) is 0 Å². The largest absolute Gasteiger partial charge is 0.491 e. The van der Waals surface area contributed by atoms with Crippen molar-refractivity contribution in [2.75, 3.05) is 13.1 Å². The van der Waals surface area contributed by atoms with Gasteiger partial charge in [0, 0.05) is 13.1 Å². The molecule has 1 aromatic heterocycles. The Labute approximate surface area is 169 Å². The van der Waals surface area contributed by atoms with Crippen LogP contribution >= 0.6 is 0 Å². The van der Waals surface area contributed by atoms with Gasteiger partial charge in [-0.3, -0.25) is 4.68 Å². The van der Waals surface area contributed by atoms with E-state index in [4.69, 9.17) is 4.74 Å². The van der Waals surface area contributed by atoms with E-state index in [0.29, 0.717) is 35.9 Å². The lowest BCUT2D eigenvalue weighted by atomic mass is 10.2. The van der Waals surface area contributed by atoms with Gasteiger partial charge in [0.05, 0.1) is 24.0 Å². The molecule has 0 saturated carbocycles. The Bertz CT molecular complexity index is 865. The minimum absolute atomic E-state index is 0.129. The molecule has 2 aromatic rings. The molecular weight excluding hydrogens is 374 g/mol. The van der Waals surface area contributed by atoms with E-state index in [1.807, 2.05) is 58.9 Å². The molecule has 0 bridgehead atoms. The second kappa shape index (κ2) is 9.56. The van der Waals surface area contributed by atoms with Crippen molar-refractivity contribution in [3.63, 3.8) is 0 Å². The van der Waals surface area contributed by atoms with E-state index in [2.05, 4.69) is 5.10 Å². The molecule has 0 amide bonds. The lowest BCUT2D eigenvalue weighted by molar-refractivity contribution is 0.242. The number of sulfonamides is 1. The van der Waals surface area contributed by atoms with Crippen LogP contribution in [0, 0.1) is 13.8 Å². The van der Waals surface area contributed by atoms with Gasteiger partial charge in [-0.2, -0.15) is 9.40 Å². The smallest absolute Gasteiger partial charge is 0.246 e. The van der Waals surface area contributed by atoms with Crippen molar-refractivity contribution in [3.8, 4) is 5.75 Å². The van der Waals surface area contributed by atoms with Gasteiger partial charge in [0.15, 0.2) is 0 Å². The van der Waals surface area contributed by atoms with Crippen LogP contribution < -0.4 is 4.74 Å². The molecule has 156 valence electrons. The van der Waals surface area contributed by atoms with Gasteiger partial charge in [0.2, 0.25) is 10.0 Å². The van der Waals surface area contributed by atoms with Crippen LogP contribution in [0.15, 0.2) is 29.2 Å². The van der Waals surface area contributed by atoms with Gasteiger partial charge in [-0.15, -0.1) is 0 Å². The van der Waals surface area contributed by atoms with Crippen molar-refractivity contribution in [1.29, 1.82) is 0 Å². The van der Waals surface area contributed by atoms with Crippen LogP contribution in [-0.2, 0) is 16.6 Å². The molecule has 0 radical (unpaired) electrons. The van der Waals surface area contributed by atoms with E-state index >= 15 is 0 Å². The molecular formula is C21H33N3O3S. The highest BCUT2D eigenvalue weighted by Crippen LogP contribution is 2.25. The Hall–Kier alpha value is -1.86. The van der Waals surface area contributed by atoms with Crippen LogP contribution in [-0.4, -0.2) is 41.7 Å². The molecule has 2 rings (SSSR count). The molecule has 0 aliphatic carbocycles. The zero-order valence-electron chi connectivity index (χ0n) is 17.9. The fourth-order valence-electron chi connectivity index (χ4n) is 3.31. The number of rotatable bonds is 10. The van der Waals surface area contributed by atoms with Crippen molar-refractivity contribution in [3.05, 3.63) is 41.2 Å². The first kappa shape index (κ1) is 22.4. The molecule has 0 spiro atoms. The summed E-state index contributed by atoms with van der Waals surface area (Å²) in [5.41, 5.74) is 2.27. The van der Waals surface area contributed by atoms with Gasteiger partial charge < -0.3 is 4.74 Å². The molecule has 1 heterocycles. The number of ether oxygens (including phenoxy) is 1. The summed E-state index contributed by atoms with van der Waals surface area (Å²) in [5.74, 6) is 0.824. The third-order valence-corrected chi connectivity index (χ3v) is 6.64. The number of aryl methyl sites for hydroxylation is 1. The molecule has 0 N–H and O–H groups in total. The summed E-state index contributed by atoms with van der Waals surface area (Å²) in [6.07, 6.45) is 1.70. The molecule has 0 saturated heterocycles. The topological polar surface area (TPSA) is 64.4 Å². The second-order valence-corrected chi connectivity index (χ2v) is 9.25. The number of benzene rings is 1. The molecule has 1 aromatic carbocycles. The summed E-state index contributed by atoms with van der Waals surface area (Å²) in [6, 6.07) is 7.84. The number of nitrogens with zero attached hydrogens (tertiary/aromatic N) is 3. The highest BCUT2D eigenvalue weighted by molar-refractivity contribution is 7.89. The van der Waals surface area contributed by atoms with E-state index < -0.39 is 10.0 Å². The summed E-state index contributed by atoms with van der Waals surface area (Å²) in [5, 5.41) is 4.52. The zero-order valence-corrected chi connectivity index (χ0v) is 18.7. The van der Waals surface area contributed by atoms with Crippen LogP contribution in [0.5, 0.6) is 5.75 Å². The SMILES string of the molecule is CCCN(CCC)S(=O)(=O)c1c(C)nn(Cc2ccc(OC(C)C)cc2)c1C. The predicted molar refractivity (Wildman–Crippen MR) is 112 cm³/mol. The highest BCUT2D eigenvalue weighted by Gasteiger charge is 2.30. The molecule has 0 atom stereocenters. The van der Waals surface area contributed by atoms with Gasteiger partial charge in [-0.05, 0) is 58.2 Å². The lowest BCUT2D eigenvalue weighted by Crippen LogP contribution is -2.33. The molecule has 0 unspecified atom stereocenters. The first-order valence-corrected chi connectivity index (χ1v) is 11.4. The average Bonchev–Trinajstić information content (AvgIpc) is 2.90. The first-order chi connectivity index (χ1) is 13.2. The van der Waals surface area contributed by atoms with E-state index in [9.17, 15) is 8.42 Å². The minimum Gasteiger partial charge on any atom is -0.491 e. The fraction of sp³-hybridized carbons (Fsp3) is 0.571. The molecule has 0 aliphatic rings. The Morgan fingerprint density at radius 2 is 1.64 bits per heavy atom. The van der Waals surface area contributed by atoms with Crippen molar-refractivity contribution in [1.82, 2.24) is 14.1 Å². The fourth-order valence-corrected chi connectivity index (χ4v) is 5.30. The van der Waals surface area contributed by atoms with Crippen LogP contribution in [0.25, 0.3) is 0 Å². The van der Waals surface area contributed by atoms with Gasteiger partial charge in [-0.1, -0.05) is 26.0 Å². The summed E-state index contributed by atoms with van der Waals surface area (Å²) in [6.45, 7) is 13.1. The second-order valence-electron chi connectivity index (χ2n) is 7.37. The van der Waals surface area contributed by atoms with E-state index in [0.717, 1.165) is 24.2 Å². The van der Waals surface area contributed by atoms with Crippen LogP contribution in [0.2, 0.25) is 0 Å². The molecule has 6 nitrogen and oxygen atoms in total. The highest BCUT2D eigenvalue weighted by atomic mass is 32.2. The predicted octanol–water partition coefficient (Wildman–Crippen LogP) is 4.15. The van der Waals surface area contributed by atoms with Crippen molar-refractivity contribution in [2.24, 2.45) is 0 Å². The zero-order chi connectivity index (χ0) is 20.9. The minimum atomic E-state index is -3.55. The van der Waals surface area contributed by atoms with Crippen LogP contribution in [0.1, 0.15) is 57.5 Å². The molecule has 0 fully saturated rings. The maximum absolute atomic E-state index is 13.2. The quantitative estimate of drug-likeness (QED) is 0.594. The standard InChI is InChI=1S/C21H33N3O3S/c1-7-13-23(14-8-2)28(25,26)21-17(5)22-24(18(21)6)15-19-9-11-20(12-10-19)27-16(3)4/h9-12,16H,7-8,13-15H2,1-6H3. The van der Waals surface area contributed by atoms with Crippen LogP contribution in [0.4, 0.5) is 0 Å². The monoisotopic (exact) mass is 407 g/mol.